The molecule has 0 atom stereocenters. The first-order chi connectivity index (χ1) is 12.8. The molecule has 0 amide bonds. The number of guanidine groups is 1. The maximum Gasteiger partial charge on any atom is 0.191 e. The van der Waals surface area contributed by atoms with Gasteiger partial charge in [-0.05, 0) is 57.1 Å². The second-order valence-electron chi connectivity index (χ2n) is 7.02. The fourth-order valence-electron chi connectivity index (χ4n) is 2.73. The predicted molar refractivity (Wildman–Crippen MR) is 111 cm³/mol. The summed E-state index contributed by atoms with van der Waals surface area (Å²) in [5.74, 6) is 1.77. The SMILES string of the molecule is CCNC(=NCCCOCC1CC1)NCCCCN(C)c1ccccc1. The lowest BCUT2D eigenvalue weighted by Gasteiger charge is -2.19. The molecule has 0 spiro atoms. The molecule has 1 saturated carbocycles. The molecule has 0 heterocycles. The number of aliphatic imine (C=N–C) groups is 1. The molecule has 1 aromatic rings. The van der Waals surface area contributed by atoms with Crippen molar-refractivity contribution in [2.75, 3.05) is 51.3 Å². The summed E-state index contributed by atoms with van der Waals surface area (Å²) in [5, 5.41) is 6.75. The van der Waals surface area contributed by atoms with Gasteiger partial charge in [-0.25, -0.2) is 0 Å². The summed E-state index contributed by atoms with van der Waals surface area (Å²) < 4.78 is 5.66. The Kier molecular flexibility index (Phi) is 9.95. The molecule has 5 nitrogen and oxygen atoms in total. The van der Waals surface area contributed by atoms with Gasteiger partial charge in [0.05, 0.1) is 0 Å². The molecule has 1 aromatic carbocycles. The first-order valence-corrected chi connectivity index (χ1v) is 10.2. The van der Waals surface area contributed by atoms with Gasteiger partial charge in [0.1, 0.15) is 0 Å². The van der Waals surface area contributed by atoms with E-state index in [-0.39, 0.29) is 0 Å². The molecule has 0 aromatic heterocycles. The van der Waals surface area contributed by atoms with Gasteiger partial charge in [0.2, 0.25) is 0 Å². The molecule has 1 aliphatic carbocycles. The third kappa shape index (κ3) is 9.09. The molecule has 1 fully saturated rings. The third-order valence-electron chi connectivity index (χ3n) is 4.52. The van der Waals surface area contributed by atoms with Crippen molar-refractivity contribution in [1.82, 2.24) is 10.6 Å². The normalized spacial score (nSPS) is 14.3. The number of nitrogens with zero attached hydrogens (tertiary/aromatic N) is 2. The Hall–Kier alpha value is -1.75. The topological polar surface area (TPSA) is 48.9 Å². The van der Waals surface area contributed by atoms with Gasteiger partial charge in [0.25, 0.3) is 0 Å². The minimum Gasteiger partial charge on any atom is -0.381 e. The lowest BCUT2D eigenvalue weighted by molar-refractivity contribution is 0.123. The van der Waals surface area contributed by atoms with Crippen LogP contribution in [0.5, 0.6) is 0 Å². The van der Waals surface area contributed by atoms with Gasteiger partial charge < -0.3 is 20.3 Å². The summed E-state index contributed by atoms with van der Waals surface area (Å²) >= 11 is 0. The van der Waals surface area contributed by atoms with Crippen molar-refractivity contribution < 1.29 is 4.74 Å². The molecular formula is C21H36N4O. The second kappa shape index (κ2) is 12.6. The molecule has 0 unspecified atom stereocenters. The van der Waals surface area contributed by atoms with Crippen molar-refractivity contribution in [3.05, 3.63) is 30.3 Å². The zero-order chi connectivity index (χ0) is 18.5. The van der Waals surface area contributed by atoms with Crippen LogP contribution in [0.4, 0.5) is 5.69 Å². The van der Waals surface area contributed by atoms with Crippen LogP contribution >= 0.6 is 0 Å². The number of hydrogen-bond acceptors (Lipinski definition) is 3. The molecule has 0 radical (unpaired) electrons. The van der Waals surface area contributed by atoms with E-state index in [0.29, 0.717) is 0 Å². The van der Waals surface area contributed by atoms with Crippen LogP contribution in [-0.2, 0) is 4.74 Å². The summed E-state index contributed by atoms with van der Waals surface area (Å²) in [5.41, 5.74) is 1.28. The van der Waals surface area contributed by atoms with E-state index in [9.17, 15) is 0 Å². The highest BCUT2D eigenvalue weighted by atomic mass is 16.5. The molecule has 0 aliphatic heterocycles. The van der Waals surface area contributed by atoms with Crippen LogP contribution in [0.15, 0.2) is 35.3 Å². The quantitative estimate of drug-likeness (QED) is 0.322. The summed E-state index contributed by atoms with van der Waals surface area (Å²) in [6, 6.07) is 10.5. The summed E-state index contributed by atoms with van der Waals surface area (Å²) in [6.45, 7) is 7.59. The van der Waals surface area contributed by atoms with Crippen molar-refractivity contribution in [1.29, 1.82) is 0 Å². The monoisotopic (exact) mass is 360 g/mol. The van der Waals surface area contributed by atoms with Gasteiger partial charge in [0, 0.05) is 52.1 Å². The molecule has 26 heavy (non-hydrogen) atoms. The highest BCUT2D eigenvalue weighted by Gasteiger charge is 2.20. The van der Waals surface area contributed by atoms with Crippen molar-refractivity contribution in [2.24, 2.45) is 10.9 Å². The van der Waals surface area contributed by atoms with Gasteiger partial charge in [0.15, 0.2) is 5.96 Å². The van der Waals surface area contributed by atoms with Crippen LogP contribution in [0.2, 0.25) is 0 Å². The summed E-state index contributed by atoms with van der Waals surface area (Å²) in [4.78, 5) is 6.94. The molecule has 2 rings (SSSR count). The number of anilines is 1. The van der Waals surface area contributed by atoms with Gasteiger partial charge in [-0.3, -0.25) is 4.99 Å². The number of benzene rings is 1. The Morgan fingerprint density at radius 3 is 2.69 bits per heavy atom. The molecule has 5 heteroatoms. The van der Waals surface area contributed by atoms with Crippen molar-refractivity contribution in [3.8, 4) is 0 Å². The molecule has 2 N–H and O–H groups in total. The summed E-state index contributed by atoms with van der Waals surface area (Å²) in [7, 11) is 2.15. The van der Waals surface area contributed by atoms with Crippen molar-refractivity contribution in [3.63, 3.8) is 0 Å². The highest BCUT2D eigenvalue weighted by molar-refractivity contribution is 5.79. The molecule has 1 aliphatic rings. The highest BCUT2D eigenvalue weighted by Crippen LogP contribution is 2.28. The smallest absolute Gasteiger partial charge is 0.191 e. The van der Waals surface area contributed by atoms with Crippen LogP contribution < -0.4 is 15.5 Å². The Labute approximate surface area is 159 Å². The van der Waals surface area contributed by atoms with E-state index in [2.05, 4.69) is 64.8 Å². The second-order valence-corrected chi connectivity index (χ2v) is 7.02. The molecule has 0 saturated heterocycles. The van der Waals surface area contributed by atoms with E-state index >= 15 is 0 Å². The summed E-state index contributed by atoms with van der Waals surface area (Å²) in [6.07, 6.45) is 5.99. The van der Waals surface area contributed by atoms with Crippen molar-refractivity contribution >= 4 is 11.6 Å². The van der Waals surface area contributed by atoms with E-state index < -0.39 is 0 Å². The zero-order valence-corrected chi connectivity index (χ0v) is 16.5. The molecular weight excluding hydrogens is 324 g/mol. The van der Waals surface area contributed by atoms with Gasteiger partial charge in [-0.1, -0.05) is 18.2 Å². The fraction of sp³-hybridized carbons (Fsp3) is 0.667. The van der Waals surface area contributed by atoms with E-state index in [0.717, 1.165) is 70.5 Å². The van der Waals surface area contributed by atoms with Crippen LogP contribution in [0.3, 0.4) is 0 Å². The third-order valence-corrected chi connectivity index (χ3v) is 4.52. The Morgan fingerprint density at radius 2 is 1.96 bits per heavy atom. The average Bonchev–Trinajstić information content (AvgIpc) is 3.49. The van der Waals surface area contributed by atoms with Crippen LogP contribution in [-0.4, -0.2) is 52.4 Å². The van der Waals surface area contributed by atoms with E-state index in [4.69, 9.17) is 4.74 Å². The number of unbranched alkanes of at least 4 members (excludes halogenated alkanes) is 1. The minimum absolute atomic E-state index is 0.816. The van der Waals surface area contributed by atoms with E-state index in [1.807, 2.05) is 0 Å². The first-order valence-electron chi connectivity index (χ1n) is 10.2. The van der Waals surface area contributed by atoms with Gasteiger partial charge >= 0.3 is 0 Å². The van der Waals surface area contributed by atoms with Gasteiger partial charge in [-0.2, -0.15) is 0 Å². The van der Waals surface area contributed by atoms with E-state index in [1.54, 1.807) is 0 Å². The lowest BCUT2D eigenvalue weighted by Crippen LogP contribution is -2.38. The number of nitrogens with one attached hydrogen (secondary N) is 2. The lowest BCUT2D eigenvalue weighted by atomic mass is 10.2. The predicted octanol–water partition coefficient (Wildman–Crippen LogP) is 3.27. The maximum absolute atomic E-state index is 5.66. The number of rotatable bonds is 13. The minimum atomic E-state index is 0.816. The zero-order valence-electron chi connectivity index (χ0n) is 16.5. The number of ether oxygens (including phenoxy) is 1. The molecule has 146 valence electrons. The Morgan fingerprint density at radius 1 is 1.15 bits per heavy atom. The van der Waals surface area contributed by atoms with Crippen LogP contribution in [0.1, 0.15) is 39.0 Å². The largest absolute Gasteiger partial charge is 0.381 e. The van der Waals surface area contributed by atoms with Crippen molar-refractivity contribution in [2.45, 2.75) is 39.0 Å². The standard InChI is InChI=1S/C21H36N4O/c1-3-22-21(24-15-9-17-26-18-19-12-13-19)23-14-7-8-16-25(2)20-10-5-4-6-11-20/h4-6,10-11,19H,3,7-9,12-18H2,1-2H3,(H2,22,23,24). The van der Waals surface area contributed by atoms with E-state index in [1.165, 1.54) is 18.5 Å². The Bertz CT molecular complexity index is 502. The average molecular weight is 361 g/mol. The maximum atomic E-state index is 5.66. The first kappa shape index (κ1) is 20.6. The van der Waals surface area contributed by atoms with Gasteiger partial charge in [-0.15, -0.1) is 0 Å². The Balaban J connectivity index is 1.53. The van der Waals surface area contributed by atoms with Crippen LogP contribution in [0.25, 0.3) is 0 Å². The number of para-hydroxylation sites is 1. The fourth-order valence-corrected chi connectivity index (χ4v) is 2.73. The number of hydrogen-bond donors (Lipinski definition) is 2. The molecule has 0 bridgehead atoms. The van der Waals surface area contributed by atoms with Crippen LogP contribution in [0, 0.1) is 5.92 Å².